The highest BCUT2D eigenvalue weighted by Gasteiger charge is 2.72. The summed E-state index contributed by atoms with van der Waals surface area (Å²) in [6.07, 6.45) is 45.0. The minimum absolute atomic E-state index is 0.0871. The maximum atomic E-state index is 14.8. The van der Waals surface area contributed by atoms with Crippen molar-refractivity contribution < 1.29 is 9.59 Å². The summed E-state index contributed by atoms with van der Waals surface area (Å²) < 4.78 is 0. The first-order valence-corrected chi connectivity index (χ1v) is 34.9. The molecule has 2 amide bonds. The Balaban J connectivity index is 0.976. The molecule has 8 heteroatoms. The van der Waals surface area contributed by atoms with Gasteiger partial charge in [-0.3, -0.25) is 9.59 Å². The summed E-state index contributed by atoms with van der Waals surface area (Å²) in [5.74, 6) is 5.56. The second kappa shape index (κ2) is 26.6. The molecule has 7 fully saturated rings. The summed E-state index contributed by atoms with van der Waals surface area (Å²) in [6.45, 7) is 27.1. The van der Waals surface area contributed by atoms with Gasteiger partial charge >= 0.3 is 0 Å². The van der Waals surface area contributed by atoms with Crippen LogP contribution < -0.4 is 0 Å². The van der Waals surface area contributed by atoms with E-state index in [1.807, 2.05) is 0 Å². The minimum Gasteiger partial charge on any atom is -0.363 e. The van der Waals surface area contributed by atoms with E-state index in [0.29, 0.717) is 82.6 Å². The first-order valence-electron chi connectivity index (χ1n) is 34.1. The number of piperidine rings is 1. The Hall–Kier alpha value is -1.54. The van der Waals surface area contributed by atoms with Gasteiger partial charge in [-0.1, -0.05) is 169 Å². The molecule has 78 heavy (non-hydrogen) atoms. The monoisotopic (exact) mass is 1110 g/mol. The Morgan fingerprint density at radius 1 is 0.551 bits per heavy atom. The quantitative estimate of drug-likeness (QED) is 0.0603. The molecule has 2 heterocycles. The van der Waals surface area contributed by atoms with E-state index in [4.69, 9.17) is 24.4 Å². The zero-order chi connectivity index (χ0) is 56.2. The van der Waals surface area contributed by atoms with E-state index in [-0.39, 0.29) is 22.8 Å². The molecular weight excluding hydrogens is 993 g/mol. The van der Waals surface area contributed by atoms with Crippen LogP contribution in [0.2, 0.25) is 0 Å². The summed E-state index contributed by atoms with van der Waals surface area (Å²) in [7, 11) is 4.32. The smallest absolute Gasteiger partial charge is 0.246 e. The first kappa shape index (κ1) is 62.5. The normalized spacial score (nSPS) is 37.2. The van der Waals surface area contributed by atoms with Crippen molar-refractivity contribution in [2.45, 2.75) is 311 Å². The molecule has 0 N–H and O–H groups in total. The van der Waals surface area contributed by atoms with Crippen LogP contribution in [0, 0.1) is 69.0 Å². The van der Waals surface area contributed by atoms with Gasteiger partial charge in [0.05, 0.1) is 15.5 Å². The fraction of sp³-hybridized carbons (Fsp3) is 0.914. The average Bonchev–Trinajstić information content (AvgIpc) is 2.63. The summed E-state index contributed by atoms with van der Waals surface area (Å²) in [5.41, 5.74) is 1.29. The maximum Gasteiger partial charge on any atom is 0.246 e. The number of carbonyl (C=O) groups is 2. The summed E-state index contributed by atoms with van der Waals surface area (Å²) in [4.78, 5) is 41.7. The third-order valence-corrected chi connectivity index (χ3v) is 26.6. The van der Waals surface area contributed by atoms with Crippen LogP contribution in [0.25, 0.3) is 0 Å². The predicted octanol–water partition coefficient (Wildman–Crippen LogP) is 18.4. The highest BCUT2D eigenvalue weighted by atomic mass is 32.1. The van der Waals surface area contributed by atoms with Gasteiger partial charge in [0.2, 0.25) is 11.8 Å². The molecule has 14 atom stereocenters. The molecule has 4 unspecified atom stereocenters. The third-order valence-electron chi connectivity index (χ3n) is 25.7. The van der Waals surface area contributed by atoms with Crippen molar-refractivity contribution in [3.8, 4) is 0 Å². The van der Waals surface area contributed by atoms with Crippen LogP contribution in [0.1, 0.15) is 288 Å². The van der Waals surface area contributed by atoms with Crippen LogP contribution in [-0.2, 0) is 9.59 Å². The van der Waals surface area contributed by atoms with Gasteiger partial charge in [0.25, 0.3) is 0 Å². The summed E-state index contributed by atoms with van der Waals surface area (Å²) in [6, 6.07) is 1.03. The van der Waals surface area contributed by atoms with Crippen molar-refractivity contribution >= 4 is 46.2 Å². The van der Waals surface area contributed by atoms with Crippen LogP contribution in [0.5, 0.6) is 0 Å². The molecule has 6 nitrogen and oxygen atoms in total. The summed E-state index contributed by atoms with van der Waals surface area (Å²) >= 11 is 12.7. The largest absolute Gasteiger partial charge is 0.363 e. The number of amides is 2. The lowest BCUT2D eigenvalue weighted by atomic mass is 9.38. The van der Waals surface area contributed by atoms with Crippen molar-refractivity contribution in [3.63, 3.8) is 0 Å². The molecule has 8 rings (SSSR count). The fourth-order valence-corrected chi connectivity index (χ4v) is 22.0. The van der Waals surface area contributed by atoms with Gasteiger partial charge in [-0.05, 0) is 206 Å². The fourth-order valence-electron chi connectivity index (χ4n) is 21.1. The molecule has 0 radical (unpaired) electrons. The molecule has 2 aliphatic heterocycles. The van der Waals surface area contributed by atoms with Crippen LogP contribution in [-0.4, -0.2) is 92.2 Å². The molecule has 0 aromatic rings. The number of hydrogen-bond acceptors (Lipinski definition) is 4. The van der Waals surface area contributed by atoms with Crippen LogP contribution in [0.3, 0.4) is 0 Å². The number of thiocarbonyl (C=S) groups is 2. The zero-order valence-electron chi connectivity index (χ0n) is 52.8. The van der Waals surface area contributed by atoms with Crippen molar-refractivity contribution in [3.05, 3.63) is 11.6 Å². The van der Waals surface area contributed by atoms with Crippen molar-refractivity contribution in [2.24, 2.45) is 69.0 Å². The van der Waals surface area contributed by atoms with E-state index in [1.165, 1.54) is 195 Å². The minimum atomic E-state index is -0.447. The Morgan fingerprint density at radius 2 is 1.00 bits per heavy atom. The molecule has 0 aromatic heterocycles. The van der Waals surface area contributed by atoms with Gasteiger partial charge in [0.15, 0.2) is 0 Å². The number of unbranched alkanes of at least 4 members (excludes halogenated alkanes) is 16. The second-order valence-electron chi connectivity index (χ2n) is 30.0. The standard InChI is InChI=1S/C70H120N4O2S2/c1-13-15-17-19-21-23-25-27-29-31-64(77)73(50(3)4)48-52-34-37-57-55-39-46-70(68(9,45-42-62(75)72(70)12)58(55)40-43-66(52,57)7)60-47-63(76)71(11)61-38-35-54-56-36-33-53(67(56,8)44-41-59(54)69(60,61)10)49-74(51(5)6)65(78)32-30-28-26-24-22-20-18-16-14-2/h47,50-59,61H,13-46,48-49H2,1-12H3/t52?,53?,54-,55-,56-,57-,58+,59+,61?,66+,67+,68+,69-,70?/m0/s1. The second-order valence-corrected chi connectivity index (χ2v) is 30.9. The van der Waals surface area contributed by atoms with Crippen molar-refractivity contribution in [1.82, 2.24) is 19.6 Å². The lowest BCUT2D eigenvalue weighted by molar-refractivity contribution is -0.188. The molecule has 0 spiro atoms. The number of hydrogen-bond donors (Lipinski definition) is 0. The Morgan fingerprint density at radius 3 is 1.47 bits per heavy atom. The Labute approximate surface area is 491 Å². The number of carbonyl (C=O) groups excluding carboxylic acids is 2. The third kappa shape index (κ3) is 11.8. The average molecular weight is 1110 g/mol. The number of likely N-dealkylation sites (N-methyl/N-ethyl adjacent to an activating group) is 2. The van der Waals surface area contributed by atoms with Crippen molar-refractivity contribution in [1.29, 1.82) is 0 Å². The summed E-state index contributed by atoms with van der Waals surface area (Å²) in [5, 5.41) is 0. The van der Waals surface area contributed by atoms with E-state index < -0.39 is 5.54 Å². The molecule has 6 aliphatic carbocycles. The Kier molecular flexibility index (Phi) is 21.3. The van der Waals surface area contributed by atoms with Crippen LogP contribution >= 0.6 is 24.4 Å². The maximum absolute atomic E-state index is 14.8. The molecular formula is C70H120N4O2S2. The van der Waals surface area contributed by atoms with Gasteiger partial charge in [-0.25, -0.2) is 0 Å². The van der Waals surface area contributed by atoms with Crippen LogP contribution in [0.15, 0.2) is 11.6 Å². The zero-order valence-corrected chi connectivity index (χ0v) is 54.4. The van der Waals surface area contributed by atoms with E-state index >= 15 is 0 Å². The molecule has 0 aromatic carbocycles. The molecule has 1 saturated heterocycles. The predicted molar refractivity (Wildman–Crippen MR) is 338 cm³/mol. The van der Waals surface area contributed by atoms with Gasteiger partial charge < -0.3 is 19.6 Å². The number of rotatable bonds is 27. The highest BCUT2D eigenvalue weighted by molar-refractivity contribution is 7.80. The lowest BCUT2D eigenvalue weighted by Gasteiger charge is -2.72. The Bertz CT molecular complexity index is 2070. The van der Waals surface area contributed by atoms with E-state index in [2.05, 4.69) is 109 Å². The van der Waals surface area contributed by atoms with Crippen molar-refractivity contribution in [2.75, 3.05) is 27.2 Å². The first-order chi connectivity index (χ1) is 37.3. The molecule has 0 bridgehead atoms. The lowest BCUT2D eigenvalue weighted by Crippen LogP contribution is -2.74. The molecule has 6 saturated carbocycles. The van der Waals surface area contributed by atoms with E-state index in [0.717, 1.165) is 45.2 Å². The van der Waals surface area contributed by atoms with E-state index in [9.17, 15) is 9.59 Å². The molecule has 444 valence electrons. The number of nitrogens with zero attached hydrogens (tertiary/aromatic N) is 4. The van der Waals surface area contributed by atoms with Gasteiger partial charge in [0, 0.05) is 63.2 Å². The van der Waals surface area contributed by atoms with Gasteiger partial charge in [-0.2, -0.15) is 0 Å². The topological polar surface area (TPSA) is 47.1 Å². The van der Waals surface area contributed by atoms with Gasteiger partial charge in [0.1, 0.15) is 0 Å². The van der Waals surface area contributed by atoms with Gasteiger partial charge in [-0.15, -0.1) is 0 Å². The van der Waals surface area contributed by atoms with E-state index in [1.54, 1.807) is 0 Å². The molecule has 8 aliphatic rings. The van der Waals surface area contributed by atoms with Crippen LogP contribution in [0.4, 0.5) is 0 Å². The SMILES string of the molecule is CCCCCCCCCCCC(=S)N(CC1CC[C@H]2[C@@H]3CCC4N(C)C(=O)C=C(C56CC[C@@H]7[C@@H](CC[C@]8(C)C(CN(C(=S)CCCCCCCCCCC)C(C)C)CC[C@@H]78)[C@@]5(C)CCC(=O)N6C)[C@]4(C)[C@@H]3CC[C@]12C)C(C)C. The highest BCUT2D eigenvalue weighted by Crippen LogP contribution is 2.74. The number of likely N-dealkylation sites (tertiary alicyclic amines) is 1. The number of fused-ring (bicyclic) bond motifs is 10.